The lowest BCUT2D eigenvalue weighted by Crippen LogP contribution is -2.48. The van der Waals surface area contributed by atoms with Gasteiger partial charge in [0.15, 0.2) is 5.17 Å². The van der Waals surface area contributed by atoms with E-state index in [1.54, 1.807) is 0 Å². The van der Waals surface area contributed by atoms with Gasteiger partial charge >= 0.3 is 0 Å². The van der Waals surface area contributed by atoms with Gasteiger partial charge in [0.05, 0.1) is 17.8 Å². The first kappa shape index (κ1) is 12.9. The van der Waals surface area contributed by atoms with E-state index in [2.05, 4.69) is 15.3 Å². The molecular formula is C14H19N3OS. The fourth-order valence-electron chi connectivity index (χ4n) is 2.46. The molecule has 102 valence electrons. The average Bonchev–Trinajstić information content (AvgIpc) is 2.80. The van der Waals surface area contributed by atoms with Crippen LogP contribution >= 0.6 is 11.8 Å². The number of nitrogens with one attached hydrogen (secondary N) is 1. The second-order valence-corrected chi connectivity index (χ2v) is 6.16. The highest BCUT2D eigenvalue weighted by Gasteiger charge is 2.38. The molecular weight excluding hydrogens is 258 g/mol. The number of aromatic nitrogens is 1. The van der Waals surface area contributed by atoms with Gasteiger partial charge in [-0.05, 0) is 31.9 Å². The third-order valence-electron chi connectivity index (χ3n) is 3.64. The van der Waals surface area contributed by atoms with Crippen LogP contribution in [0.3, 0.4) is 0 Å². The molecule has 1 aromatic rings. The van der Waals surface area contributed by atoms with Crippen molar-refractivity contribution >= 4 is 16.9 Å². The van der Waals surface area contributed by atoms with Crippen molar-refractivity contribution in [1.82, 2.24) is 10.3 Å². The number of amidine groups is 1. The Hall–Kier alpha value is -1.07. The van der Waals surface area contributed by atoms with Crippen molar-refractivity contribution in [3.8, 4) is 0 Å². The summed E-state index contributed by atoms with van der Waals surface area (Å²) in [4.78, 5) is 9.12. The number of nitrogens with zero attached hydrogens (tertiary/aromatic N) is 2. The number of pyridine rings is 1. The zero-order valence-corrected chi connectivity index (χ0v) is 12.0. The molecule has 5 heteroatoms. The minimum absolute atomic E-state index is 0.224. The Labute approximate surface area is 118 Å². The predicted octanol–water partition coefficient (Wildman–Crippen LogP) is 2.13. The first-order valence-corrected chi connectivity index (χ1v) is 7.70. The minimum atomic E-state index is 0.224. The molecule has 2 aliphatic rings. The number of rotatable bonds is 2. The number of hydrogen-bond donors (Lipinski definition) is 1. The third kappa shape index (κ3) is 3.09. The molecule has 2 fully saturated rings. The van der Waals surface area contributed by atoms with Crippen LogP contribution in [0.1, 0.15) is 24.2 Å². The molecule has 0 aliphatic carbocycles. The second kappa shape index (κ2) is 5.51. The summed E-state index contributed by atoms with van der Waals surface area (Å²) in [6, 6.07) is 6.07. The lowest BCUT2D eigenvalue weighted by molar-refractivity contribution is 0.0555. The van der Waals surface area contributed by atoms with Gasteiger partial charge in [-0.1, -0.05) is 17.8 Å². The van der Waals surface area contributed by atoms with Crippen LogP contribution in [0, 0.1) is 6.92 Å². The molecule has 0 bridgehead atoms. The molecule has 0 amide bonds. The topological polar surface area (TPSA) is 46.5 Å². The Kier molecular flexibility index (Phi) is 3.75. The highest BCUT2D eigenvalue weighted by atomic mass is 32.2. The van der Waals surface area contributed by atoms with Crippen molar-refractivity contribution < 1.29 is 4.74 Å². The number of thioether (sulfide) groups is 1. The van der Waals surface area contributed by atoms with Gasteiger partial charge in [0, 0.05) is 24.7 Å². The van der Waals surface area contributed by atoms with Crippen LogP contribution in [0.5, 0.6) is 0 Å². The summed E-state index contributed by atoms with van der Waals surface area (Å²) in [5.74, 6) is 1.11. The van der Waals surface area contributed by atoms with Crippen molar-refractivity contribution in [2.45, 2.75) is 31.8 Å². The van der Waals surface area contributed by atoms with Crippen molar-refractivity contribution in [3.05, 3.63) is 29.6 Å². The van der Waals surface area contributed by atoms with E-state index in [0.717, 1.165) is 48.4 Å². The molecule has 0 aromatic carbocycles. The number of aryl methyl sites for hydroxylation is 1. The Morgan fingerprint density at radius 1 is 1.42 bits per heavy atom. The van der Waals surface area contributed by atoms with E-state index in [-0.39, 0.29) is 5.54 Å². The summed E-state index contributed by atoms with van der Waals surface area (Å²) in [7, 11) is 0. The van der Waals surface area contributed by atoms with Crippen LogP contribution < -0.4 is 5.32 Å². The molecule has 0 unspecified atom stereocenters. The maximum atomic E-state index is 5.43. The average molecular weight is 277 g/mol. The summed E-state index contributed by atoms with van der Waals surface area (Å²) in [6.45, 7) is 4.39. The van der Waals surface area contributed by atoms with Crippen molar-refractivity contribution in [2.24, 2.45) is 4.99 Å². The fraction of sp³-hybridized carbons (Fsp3) is 0.571. The zero-order valence-electron chi connectivity index (χ0n) is 11.2. The largest absolute Gasteiger partial charge is 0.381 e. The Morgan fingerprint density at radius 3 is 3.05 bits per heavy atom. The maximum absolute atomic E-state index is 5.43. The standard InChI is InChI=1S/C14H19N3OS/c1-11-3-2-4-12(16-11)9-15-13-17-14(10-19-13)5-7-18-8-6-14/h2-4H,5-10H2,1H3,(H,15,17). The van der Waals surface area contributed by atoms with E-state index in [9.17, 15) is 0 Å². The van der Waals surface area contributed by atoms with E-state index >= 15 is 0 Å². The van der Waals surface area contributed by atoms with Crippen molar-refractivity contribution in [1.29, 1.82) is 0 Å². The number of hydrogen-bond acceptors (Lipinski definition) is 4. The van der Waals surface area contributed by atoms with Gasteiger partial charge in [0.2, 0.25) is 0 Å². The molecule has 3 rings (SSSR count). The lowest BCUT2D eigenvalue weighted by Gasteiger charge is -2.32. The first-order chi connectivity index (χ1) is 9.26. The third-order valence-corrected chi connectivity index (χ3v) is 4.84. The molecule has 1 N–H and O–H groups in total. The molecule has 0 saturated carbocycles. The monoisotopic (exact) mass is 277 g/mol. The van der Waals surface area contributed by atoms with Crippen LogP contribution in [0.15, 0.2) is 23.2 Å². The lowest BCUT2D eigenvalue weighted by atomic mass is 9.93. The van der Waals surface area contributed by atoms with Gasteiger partial charge in [0.25, 0.3) is 0 Å². The van der Waals surface area contributed by atoms with E-state index in [1.807, 2.05) is 36.9 Å². The summed E-state index contributed by atoms with van der Waals surface area (Å²) < 4.78 is 5.43. The van der Waals surface area contributed by atoms with E-state index in [4.69, 9.17) is 4.74 Å². The Morgan fingerprint density at radius 2 is 2.26 bits per heavy atom. The summed E-state index contributed by atoms with van der Waals surface area (Å²) in [6.07, 6.45) is 2.17. The van der Waals surface area contributed by atoms with E-state index < -0.39 is 0 Å². The van der Waals surface area contributed by atoms with Crippen LogP contribution in [0.25, 0.3) is 0 Å². The SMILES string of the molecule is Cc1cccc(CN=C2NC3(CCOCC3)CS2)n1. The summed E-state index contributed by atoms with van der Waals surface area (Å²) in [5.41, 5.74) is 2.30. The van der Waals surface area contributed by atoms with Crippen molar-refractivity contribution in [3.63, 3.8) is 0 Å². The van der Waals surface area contributed by atoms with Crippen molar-refractivity contribution in [2.75, 3.05) is 19.0 Å². The Balaban J connectivity index is 1.62. The highest BCUT2D eigenvalue weighted by Crippen LogP contribution is 2.31. The van der Waals surface area contributed by atoms with Gasteiger partial charge in [-0.15, -0.1) is 0 Å². The Bertz CT molecular complexity index is 483. The van der Waals surface area contributed by atoms with Gasteiger partial charge in [-0.3, -0.25) is 9.98 Å². The molecule has 1 spiro atoms. The van der Waals surface area contributed by atoms with Crippen LogP contribution in [-0.2, 0) is 11.3 Å². The zero-order chi connectivity index (χ0) is 13.1. The molecule has 19 heavy (non-hydrogen) atoms. The van der Waals surface area contributed by atoms with Crippen LogP contribution in [0.2, 0.25) is 0 Å². The molecule has 0 atom stereocenters. The highest BCUT2D eigenvalue weighted by molar-refractivity contribution is 8.14. The molecule has 1 aromatic heterocycles. The second-order valence-electron chi connectivity index (χ2n) is 5.20. The maximum Gasteiger partial charge on any atom is 0.157 e. The fourth-order valence-corrected chi connectivity index (χ4v) is 3.68. The number of ether oxygens (including phenoxy) is 1. The molecule has 2 aliphatic heterocycles. The van der Waals surface area contributed by atoms with Crippen LogP contribution in [0.4, 0.5) is 0 Å². The molecule has 2 saturated heterocycles. The summed E-state index contributed by atoms with van der Waals surface area (Å²) in [5, 5.41) is 4.66. The quantitative estimate of drug-likeness (QED) is 0.899. The molecule has 3 heterocycles. The van der Waals surface area contributed by atoms with Gasteiger partial charge in [-0.2, -0.15) is 0 Å². The minimum Gasteiger partial charge on any atom is -0.381 e. The summed E-state index contributed by atoms with van der Waals surface area (Å²) >= 11 is 1.83. The van der Waals surface area contributed by atoms with E-state index in [1.165, 1.54) is 0 Å². The van der Waals surface area contributed by atoms with Gasteiger partial charge < -0.3 is 10.1 Å². The van der Waals surface area contributed by atoms with Gasteiger partial charge in [-0.25, -0.2) is 0 Å². The molecule has 0 radical (unpaired) electrons. The van der Waals surface area contributed by atoms with Gasteiger partial charge in [0.1, 0.15) is 0 Å². The molecule has 4 nitrogen and oxygen atoms in total. The van der Waals surface area contributed by atoms with E-state index in [0.29, 0.717) is 6.54 Å². The predicted molar refractivity (Wildman–Crippen MR) is 78.5 cm³/mol. The normalized spacial score (nSPS) is 23.7. The smallest absolute Gasteiger partial charge is 0.157 e. The number of aliphatic imine (C=N–C) groups is 1. The first-order valence-electron chi connectivity index (χ1n) is 6.72. The van der Waals surface area contributed by atoms with Crippen LogP contribution in [-0.4, -0.2) is 34.7 Å².